The second-order valence-corrected chi connectivity index (χ2v) is 5.01. The van der Waals surface area contributed by atoms with Gasteiger partial charge in [-0.25, -0.2) is 4.79 Å². The summed E-state index contributed by atoms with van der Waals surface area (Å²) in [5.41, 5.74) is -0.640. The van der Waals surface area contributed by atoms with Crippen LogP contribution in [-0.2, 0) is 23.9 Å². The SMILES string of the molecule is COC(=O)[C@@H]1C(c2cc(OC)c(OC)cc2[N+](=O)[O-])=NO[C@H]1C(=O)OC. The highest BCUT2D eigenvalue weighted by atomic mass is 16.7. The van der Waals surface area contributed by atoms with Crippen LogP contribution in [0.15, 0.2) is 17.3 Å². The van der Waals surface area contributed by atoms with E-state index in [2.05, 4.69) is 14.6 Å². The average molecular weight is 368 g/mol. The van der Waals surface area contributed by atoms with Crippen LogP contribution >= 0.6 is 0 Å². The molecular formula is C15H16N2O9. The van der Waals surface area contributed by atoms with E-state index in [-0.39, 0.29) is 22.8 Å². The van der Waals surface area contributed by atoms with Crippen molar-refractivity contribution in [3.63, 3.8) is 0 Å². The Morgan fingerprint density at radius 3 is 2.15 bits per heavy atom. The molecule has 1 aliphatic rings. The van der Waals surface area contributed by atoms with E-state index in [1.165, 1.54) is 20.3 Å². The van der Waals surface area contributed by atoms with Gasteiger partial charge in [-0.15, -0.1) is 0 Å². The van der Waals surface area contributed by atoms with Gasteiger partial charge in [0.1, 0.15) is 5.71 Å². The van der Waals surface area contributed by atoms with E-state index in [0.29, 0.717) is 0 Å². The summed E-state index contributed by atoms with van der Waals surface area (Å²) < 4.78 is 19.4. The van der Waals surface area contributed by atoms with Crippen molar-refractivity contribution in [2.45, 2.75) is 6.10 Å². The molecule has 1 aliphatic heterocycles. The van der Waals surface area contributed by atoms with Crippen molar-refractivity contribution < 1.29 is 38.3 Å². The average Bonchev–Trinajstić information content (AvgIpc) is 3.10. The monoisotopic (exact) mass is 368 g/mol. The summed E-state index contributed by atoms with van der Waals surface area (Å²) in [5.74, 6) is -2.80. The van der Waals surface area contributed by atoms with Gasteiger partial charge >= 0.3 is 11.9 Å². The minimum absolute atomic E-state index is 0.0746. The molecule has 2 atom stereocenters. The van der Waals surface area contributed by atoms with Crippen LogP contribution in [0.4, 0.5) is 5.69 Å². The molecule has 1 aromatic carbocycles. The Bertz CT molecular complexity index is 775. The number of nitro groups is 1. The standard InChI is InChI=1S/C15H16N2O9/c1-22-9-5-7(8(17(20)21)6-10(9)23-2)12-11(14(18)24-3)13(26-16-12)15(19)25-4/h5-6,11,13H,1-4H3/t11-,13-/m1/s1. The number of nitrogens with zero attached hydrogens (tertiary/aromatic N) is 2. The zero-order valence-corrected chi connectivity index (χ0v) is 14.4. The van der Waals surface area contributed by atoms with Crippen LogP contribution in [0.1, 0.15) is 5.56 Å². The summed E-state index contributed by atoms with van der Waals surface area (Å²) in [5, 5.41) is 15.2. The van der Waals surface area contributed by atoms with Crippen LogP contribution in [0, 0.1) is 16.0 Å². The minimum Gasteiger partial charge on any atom is -0.493 e. The van der Waals surface area contributed by atoms with E-state index in [4.69, 9.17) is 14.3 Å². The van der Waals surface area contributed by atoms with Gasteiger partial charge in [-0.05, 0) is 0 Å². The minimum atomic E-state index is -1.42. The summed E-state index contributed by atoms with van der Waals surface area (Å²) in [6.45, 7) is 0. The first-order chi connectivity index (χ1) is 12.4. The zero-order valence-electron chi connectivity index (χ0n) is 14.4. The number of rotatable bonds is 6. The van der Waals surface area contributed by atoms with Crippen molar-refractivity contribution in [2.24, 2.45) is 11.1 Å². The molecule has 0 saturated carbocycles. The molecule has 0 radical (unpaired) electrons. The van der Waals surface area contributed by atoms with Gasteiger partial charge in [0.2, 0.25) is 6.10 Å². The number of ether oxygens (including phenoxy) is 4. The van der Waals surface area contributed by atoms with Gasteiger partial charge in [-0.1, -0.05) is 5.16 Å². The van der Waals surface area contributed by atoms with Crippen LogP contribution in [0.25, 0.3) is 0 Å². The highest BCUT2D eigenvalue weighted by molar-refractivity contribution is 6.17. The highest BCUT2D eigenvalue weighted by Gasteiger charge is 2.48. The van der Waals surface area contributed by atoms with Crippen LogP contribution < -0.4 is 9.47 Å². The molecule has 0 aliphatic carbocycles. The lowest BCUT2D eigenvalue weighted by Crippen LogP contribution is -2.38. The second kappa shape index (κ2) is 7.68. The third-order valence-electron chi connectivity index (χ3n) is 3.73. The zero-order chi connectivity index (χ0) is 19.4. The first-order valence-electron chi connectivity index (χ1n) is 7.19. The molecule has 0 aromatic heterocycles. The maximum atomic E-state index is 12.2. The van der Waals surface area contributed by atoms with E-state index in [9.17, 15) is 19.7 Å². The molecule has 140 valence electrons. The smallest absolute Gasteiger partial charge is 0.351 e. The number of benzene rings is 1. The Morgan fingerprint density at radius 1 is 1.08 bits per heavy atom. The van der Waals surface area contributed by atoms with Gasteiger partial charge in [0.15, 0.2) is 17.4 Å². The van der Waals surface area contributed by atoms with Crippen molar-refractivity contribution >= 4 is 23.3 Å². The molecule has 26 heavy (non-hydrogen) atoms. The molecule has 0 fully saturated rings. The van der Waals surface area contributed by atoms with Crippen molar-refractivity contribution in [3.05, 3.63) is 27.8 Å². The van der Waals surface area contributed by atoms with Crippen LogP contribution in [0.3, 0.4) is 0 Å². The normalized spacial score (nSPS) is 18.4. The third-order valence-corrected chi connectivity index (χ3v) is 3.73. The first-order valence-corrected chi connectivity index (χ1v) is 7.19. The van der Waals surface area contributed by atoms with Crippen molar-refractivity contribution in [1.82, 2.24) is 0 Å². The Labute approximate surface area is 147 Å². The topological polar surface area (TPSA) is 136 Å². The first kappa shape index (κ1) is 19.0. The fraction of sp³-hybridized carbons (Fsp3) is 0.400. The van der Waals surface area contributed by atoms with Crippen LogP contribution in [-0.4, -0.2) is 57.1 Å². The summed E-state index contributed by atoms with van der Waals surface area (Å²) in [4.78, 5) is 39.8. The van der Waals surface area contributed by atoms with Gasteiger partial charge in [0, 0.05) is 6.07 Å². The molecule has 0 amide bonds. The van der Waals surface area contributed by atoms with Gasteiger partial charge in [-0.3, -0.25) is 14.9 Å². The van der Waals surface area contributed by atoms with Gasteiger partial charge in [0.25, 0.3) is 5.69 Å². The molecule has 1 heterocycles. The molecule has 1 aromatic rings. The van der Waals surface area contributed by atoms with Crippen molar-refractivity contribution in [2.75, 3.05) is 28.4 Å². The second-order valence-electron chi connectivity index (χ2n) is 5.01. The number of esters is 2. The largest absolute Gasteiger partial charge is 0.493 e. The molecule has 11 heteroatoms. The number of oxime groups is 1. The Kier molecular flexibility index (Phi) is 5.60. The Balaban J connectivity index is 2.63. The lowest BCUT2D eigenvalue weighted by Gasteiger charge is -2.15. The molecule has 2 rings (SSSR count). The van der Waals surface area contributed by atoms with Crippen molar-refractivity contribution in [3.8, 4) is 11.5 Å². The molecule has 0 saturated heterocycles. The maximum Gasteiger partial charge on any atom is 0.351 e. The third kappa shape index (κ3) is 3.23. The summed E-state index contributed by atoms with van der Waals surface area (Å²) in [7, 11) is 4.88. The van der Waals surface area contributed by atoms with E-state index in [1.807, 2.05) is 0 Å². The highest BCUT2D eigenvalue weighted by Crippen LogP contribution is 2.38. The van der Waals surface area contributed by atoms with Gasteiger partial charge in [0.05, 0.1) is 45.0 Å². The van der Waals surface area contributed by atoms with Gasteiger partial charge < -0.3 is 23.8 Å². The summed E-state index contributed by atoms with van der Waals surface area (Å²) >= 11 is 0. The number of methoxy groups -OCH3 is 4. The Hall–Kier alpha value is -3.37. The van der Waals surface area contributed by atoms with Crippen LogP contribution in [0.2, 0.25) is 0 Å². The molecule has 0 bridgehead atoms. The molecular weight excluding hydrogens is 352 g/mol. The van der Waals surface area contributed by atoms with Crippen molar-refractivity contribution in [1.29, 1.82) is 0 Å². The Morgan fingerprint density at radius 2 is 1.65 bits per heavy atom. The van der Waals surface area contributed by atoms with E-state index >= 15 is 0 Å². The quantitative estimate of drug-likeness (QED) is 0.403. The number of carbonyl (C=O) groups excluding carboxylic acids is 2. The molecule has 0 spiro atoms. The summed E-state index contributed by atoms with van der Waals surface area (Å²) in [6.07, 6.45) is -1.42. The number of carbonyl (C=O) groups is 2. The lowest BCUT2D eigenvalue weighted by molar-refractivity contribution is -0.385. The van der Waals surface area contributed by atoms with Gasteiger partial charge in [-0.2, -0.15) is 0 Å². The van der Waals surface area contributed by atoms with E-state index in [0.717, 1.165) is 20.3 Å². The number of hydrogen-bond acceptors (Lipinski definition) is 10. The van der Waals surface area contributed by atoms with Crippen LogP contribution in [0.5, 0.6) is 11.5 Å². The van der Waals surface area contributed by atoms with E-state index < -0.39 is 34.6 Å². The molecule has 0 N–H and O–H groups in total. The molecule has 11 nitrogen and oxygen atoms in total. The predicted molar refractivity (Wildman–Crippen MR) is 85.1 cm³/mol. The fourth-order valence-corrected chi connectivity index (χ4v) is 2.47. The predicted octanol–water partition coefficient (Wildman–Crippen LogP) is 0.677. The fourth-order valence-electron chi connectivity index (χ4n) is 2.47. The molecule has 0 unspecified atom stereocenters. The summed E-state index contributed by atoms with van der Waals surface area (Å²) in [6, 6.07) is 2.39. The number of nitro benzene ring substituents is 1. The number of hydrogen-bond donors (Lipinski definition) is 0. The maximum absolute atomic E-state index is 12.2. The lowest BCUT2D eigenvalue weighted by atomic mass is 9.91. The van der Waals surface area contributed by atoms with E-state index in [1.54, 1.807) is 0 Å².